The van der Waals surface area contributed by atoms with Crippen LogP contribution in [0.25, 0.3) is 271 Å². The van der Waals surface area contributed by atoms with Crippen molar-refractivity contribution in [2.45, 2.75) is 0 Å². The van der Waals surface area contributed by atoms with Crippen molar-refractivity contribution in [2.24, 2.45) is 0 Å². The molecule has 9 nitrogen and oxygen atoms in total. The second-order valence-corrected chi connectivity index (χ2v) is 37.9. The van der Waals surface area contributed by atoms with Crippen molar-refractivity contribution in [2.75, 3.05) is 0 Å². The fraction of sp³-hybridized carbons (Fsp3) is 0. The summed E-state index contributed by atoms with van der Waals surface area (Å²) in [5.41, 5.74) is 13.5. The zero-order valence-electron chi connectivity index (χ0n) is 73.6. The maximum atomic E-state index is 5.14. The Bertz CT molecular complexity index is 9710. The van der Waals surface area contributed by atoms with E-state index in [0.717, 1.165) is 82.6 Å². The van der Waals surface area contributed by atoms with E-state index in [0.29, 0.717) is 52.4 Å². The fourth-order valence-corrected chi connectivity index (χ4v) is 22.9. The number of thiophene rings is 3. The molecule has 0 unspecified atom stereocenters. The maximum absolute atomic E-state index is 5.14. The van der Waals surface area contributed by atoms with E-state index in [1.54, 1.807) is 34.0 Å². The van der Waals surface area contributed by atoms with Crippen molar-refractivity contribution < 1.29 is 0 Å². The zero-order valence-corrected chi connectivity index (χ0v) is 76.0. The summed E-state index contributed by atoms with van der Waals surface area (Å²) in [5.74, 6) is 5.98. The molecule has 0 aliphatic carbocycles. The van der Waals surface area contributed by atoms with Crippen LogP contribution in [0.15, 0.2) is 455 Å². The Morgan fingerprint density at radius 1 is 0.117 bits per heavy atom. The molecular formula is C125H75N9S3. The molecule has 0 aliphatic rings. The highest BCUT2D eigenvalue weighted by atomic mass is 32.1. The third-order valence-corrected chi connectivity index (χ3v) is 29.8. The molecule has 0 bridgehead atoms. The molecule has 0 N–H and O–H groups in total. The van der Waals surface area contributed by atoms with Gasteiger partial charge in [-0.25, -0.2) is 44.9 Å². The summed E-state index contributed by atoms with van der Waals surface area (Å²) in [6.07, 6.45) is 0. The van der Waals surface area contributed by atoms with Crippen molar-refractivity contribution >= 4 is 181 Å². The van der Waals surface area contributed by atoms with Crippen LogP contribution in [-0.4, -0.2) is 44.9 Å². The number of hydrogen-bond donors (Lipinski definition) is 0. The van der Waals surface area contributed by atoms with Crippen molar-refractivity contribution in [1.29, 1.82) is 0 Å². The lowest BCUT2D eigenvalue weighted by molar-refractivity contribution is 1.08. The zero-order chi connectivity index (χ0) is 90.4. The minimum atomic E-state index is 0.657. The maximum Gasteiger partial charge on any atom is 0.165 e. The first kappa shape index (κ1) is 80.5. The largest absolute Gasteiger partial charge is 0.208 e. The molecule has 12 heteroatoms. The normalized spacial score (nSPS) is 11.6. The highest BCUT2D eigenvalue weighted by molar-refractivity contribution is 7.27. The van der Waals surface area contributed by atoms with Gasteiger partial charge in [0.1, 0.15) is 0 Å². The summed E-state index contributed by atoms with van der Waals surface area (Å²) < 4.78 is 7.46. The van der Waals surface area contributed by atoms with Crippen LogP contribution in [0.2, 0.25) is 0 Å². The van der Waals surface area contributed by atoms with E-state index in [1.807, 2.05) is 6.07 Å². The number of fused-ring (bicyclic) bond motifs is 20. The van der Waals surface area contributed by atoms with E-state index in [9.17, 15) is 0 Å². The van der Waals surface area contributed by atoms with Crippen molar-refractivity contribution in [3.05, 3.63) is 455 Å². The number of rotatable bonds is 11. The predicted molar refractivity (Wildman–Crippen MR) is 578 cm³/mol. The Morgan fingerprint density at radius 2 is 0.358 bits per heavy atom. The lowest BCUT2D eigenvalue weighted by Gasteiger charge is -2.11. The van der Waals surface area contributed by atoms with Crippen LogP contribution in [0.5, 0.6) is 0 Å². The van der Waals surface area contributed by atoms with Crippen molar-refractivity contribution in [1.82, 2.24) is 44.9 Å². The molecule has 22 aromatic carbocycles. The van der Waals surface area contributed by atoms with Crippen molar-refractivity contribution in [3.63, 3.8) is 0 Å². The average Bonchev–Trinajstić information content (AvgIpc) is 1.69. The molecule has 137 heavy (non-hydrogen) atoms. The van der Waals surface area contributed by atoms with Gasteiger partial charge in [0.25, 0.3) is 0 Å². The first-order valence-electron chi connectivity index (χ1n) is 45.8. The number of nitrogens with zero attached hydrogens (tertiary/aromatic N) is 9. The Morgan fingerprint density at radius 3 is 0.796 bits per heavy atom. The van der Waals surface area contributed by atoms with Gasteiger partial charge < -0.3 is 0 Å². The predicted octanol–water partition coefficient (Wildman–Crippen LogP) is 34.3. The molecule has 28 rings (SSSR count). The molecule has 0 aliphatic heterocycles. The van der Waals surface area contributed by atoms with Crippen LogP contribution in [0.4, 0.5) is 0 Å². The van der Waals surface area contributed by atoms with E-state index >= 15 is 0 Å². The van der Waals surface area contributed by atoms with Gasteiger partial charge in [0, 0.05) is 111 Å². The quantitative estimate of drug-likeness (QED) is 0.117. The molecule has 0 saturated heterocycles. The van der Waals surface area contributed by atoms with Gasteiger partial charge in [-0.2, -0.15) is 0 Å². The van der Waals surface area contributed by atoms with Gasteiger partial charge in [0.05, 0.1) is 0 Å². The summed E-state index contributed by atoms with van der Waals surface area (Å²) >= 11 is 5.40. The second kappa shape index (κ2) is 34.0. The molecular weight excluding hydrogens is 1720 g/mol. The second-order valence-electron chi connectivity index (χ2n) is 34.6. The summed E-state index contributed by atoms with van der Waals surface area (Å²) in [6, 6.07) is 161. The van der Waals surface area contributed by atoms with Crippen LogP contribution in [0.1, 0.15) is 0 Å². The summed E-state index contributed by atoms with van der Waals surface area (Å²) in [7, 11) is 0. The molecule has 6 heterocycles. The summed E-state index contributed by atoms with van der Waals surface area (Å²) in [6.45, 7) is 0. The van der Waals surface area contributed by atoms with E-state index in [1.165, 1.54) is 136 Å². The van der Waals surface area contributed by atoms with Gasteiger partial charge in [0.2, 0.25) is 0 Å². The van der Waals surface area contributed by atoms with E-state index in [2.05, 4.69) is 449 Å². The lowest BCUT2D eigenvalue weighted by atomic mass is 9.99. The molecule has 0 fully saturated rings. The van der Waals surface area contributed by atoms with E-state index in [-0.39, 0.29) is 0 Å². The van der Waals surface area contributed by atoms with E-state index < -0.39 is 0 Å². The third-order valence-electron chi connectivity index (χ3n) is 26.3. The number of aromatic nitrogens is 9. The number of benzene rings is 22. The van der Waals surface area contributed by atoms with Crippen LogP contribution in [-0.2, 0) is 0 Å². The average molecular weight is 1800 g/mol. The smallest absolute Gasteiger partial charge is 0.165 e. The molecule has 0 atom stereocenters. The number of hydrogen-bond acceptors (Lipinski definition) is 12. The molecule has 28 aromatic rings. The Labute approximate surface area is 799 Å². The monoisotopic (exact) mass is 1800 g/mol. The Hall–Kier alpha value is -17.4. The SMILES string of the molecule is c1ccc(-c2ccc(-c3nc(-c4ccc5c(ccc6ccccc65)c4)nc(-c4cccc5c4sc4ccccc45)n3)cc2)cc1.c1ccc(-c2ccc3cc(-c4nc(-c5ccc6c(ccc7ccccc76)c5)nc(-c5ccc6c(c5)sc5ccccc56)n4)ccc3c2)cc1.c1ccc2cc(-c3nc(-c4ccc5c(ccc6ccccc65)c4)nc(-c4ccc5c(c4)sc4ccccc45)n3)ccc2c1. The van der Waals surface area contributed by atoms with Gasteiger partial charge in [-0.3, -0.25) is 0 Å². The van der Waals surface area contributed by atoms with Gasteiger partial charge in [-0.05, 0) is 181 Å². The lowest BCUT2D eigenvalue weighted by Crippen LogP contribution is -2.00. The highest BCUT2D eigenvalue weighted by Gasteiger charge is 2.23. The molecule has 0 spiro atoms. The van der Waals surface area contributed by atoms with E-state index in [4.69, 9.17) is 44.9 Å². The Balaban J connectivity index is 0.000000107. The van der Waals surface area contributed by atoms with Crippen LogP contribution in [0.3, 0.4) is 0 Å². The first-order valence-corrected chi connectivity index (χ1v) is 48.3. The third kappa shape index (κ3) is 15.1. The van der Waals surface area contributed by atoms with Crippen LogP contribution >= 0.6 is 34.0 Å². The van der Waals surface area contributed by atoms with Gasteiger partial charge in [-0.1, -0.05) is 382 Å². The van der Waals surface area contributed by atoms with Gasteiger partial charge in [-0.15, -0.1) is 34.0 Å². The van der Waals surface area contributed by atoms with Crippen molar-refractivity contribution in [3.8, 4) is 125 Å². The fourth-order valence-electron chi connectivity index (χ4n) is 19.4. The molecule has 0 saturated carbocycles. The molecule has 6 aromatic heterocycles. The van der Waals surface area contributed by atoms with Crippen LogP contribution < -0.4 is 0 Å². The molecule has 0 radical (unpaired) electrons. The molecule has 638 valence electrons. The first-order chi connectivity index (χ1) is 67.8. The summed E-state index contributed by atoms with van der Waals surface area (Å²) in [5, 5.41) is 26.8. The standard InChI is InChI=1S/C45H27N3S.C41H25N3S.C39H23N3S/c1-2-8-28(9-3-1)30-15-16-32-25-34(19-17-31(32)24-30)43-46-44(35-20-22-38-33(26-35)18-14-29-10-4-5-11-37(29)38)48-45(47-43)36-21-23-40-39-12-6-7-13-41(39)49-42(40)27-36;1-2-9-26(10-3-1)27-17-20-29(21-18-27)39-42-40(31-23-24-33-30(25-31)22-19-28-11-4-5-12-32(28)33)44-41(43-39)36-15-8-14-35-34-13-6-7-16-37(34)45-38(35)36;1-2-9-26-21-28(16-13-24(26)7-1)37-40-38(29-17-19-32-27(22-29)15-14-25-8-3-4-10-31(25)32)42-39(41-37)30-18-20-34-33-11-5-6-12-35(33)43-36(34)23-30/h1-27H;1-25H;1-23H. The highest BCUT2D eigenvalue weighted by Crippen LogP contribution is 2.45. The minimum Gasteiger partial charge on any atom is -0.208 e. The van der Waals surface area contributed by atoms with Gasteiger partial charge in [0.15, 0.2) is 52.4 Å². The molecule has 0 amide bonds. The summed E-state index contributed by atoms with van der Waals surface area (Å²) in [4.78, 5) is 45.9. The van der Waals surface area contributed by atoms with Gasteiger partial charge >= 0.3 is 0 Å². The minimum absolute atomic E-state index is 0.657. The topological polar surface area (TPSA) is 116 Å². The Kier molecular flexibility index (Phi) is 20.0. The van der Waals surface area contributed by atoms with Crippen LogP contribution in [0, 0.1) is 0 Å².